The van der Waals surface area contributed by atoms with Crippen molar-refractivity contribution in [3.05, 3.63) is 112 Å². The van der Waals surface area contributed by atoms with Crippen LogP contribution in [0.15, 0.2) is 112 Å². The Morgan fingerprint density at radius 3 is 0.700 bits per heavy atom. The highest BCUT2D eigenvalue weighted by atomic mass is 13.9. The summed E-state index contributed by atoms with van der Waals surface area (Å²) in [5, 5.41) is 0. The number of rotatable bonds is 5. The molecule has 0 aliphatic heterocycles. The van der Waals surface area contributed by atoms with E-state index in [0.717, 1.165) is 11.1 Å². The van der Waals surface area contributed by atoms with Crippen LogP contribution in [0.5, 0.6) is 0 Å². The smallest absolute Gasteiger partial charge is 0.0239 e. The van der Waals surface area contributed by atoms with Crippen LogP contribution < -0.4 is 0 Å². The van der Waals surface area contributed by atoms with E-state index in [9.17, 15) is 0 Å². The van der Waals surface area contributed by atoms with Crippen molar-refractivity contribution in [3.63, 3.8) is 0 Å². The third kappa shape index (κ3) is 167. The first kappa shape index (κ1) is 56.5. The fourth-order valence-electron chi connectivity index (χ4n) is 0.552. The normalized spacial score (nSPS) is 5.93. The minimum Gasteiger partial charge on any atom is -0.103 e. The molecule has 0 bridgehead atoms. The molecule has 0 saturated heterocycles. The second-order valence-electron chi connectivity index (χ2n) is 3.03. The molecule has 0 rings (SSSR count). The van der Waals surface area contributed by atoms with Gasteiger partial charge in [-0.25, -0.2) is 0 Å². The highest BCUT2D eigenvalue weighted by molar-refractivity contribution is 5.42. The lowest BCUT2D eigenvalue weighted by Crippen LogP contribution is -1.76. The quantitative estimate of drug-likeness (QED) is 0.306. The maximum atomic E-state index is 3.76. The molecule has 0 nitrogen and oxygen atoms in total. The predicted molar refractivity (Wildman–Crippen MR) is 157 cm³/mol. The van der Waals surface area contributed by atoms with Crippen molar-refractivity contribution >= 4 is 0 Å². The molecule has 0 radical (unpaired) electrons. The van der Waals surface area contributed by atoms with Gasteiger partial charge in [-0.2, -0.15) is 0 Å². The molecule has 0 aromatic rings. The van der Waals surface area contributed by atoms with E-state index in [2.05, 4.69) is 52.6 Å². The van der Waals surface area contributed by atoms with E-state index in [1.807, 2.05) is 89.2 Å². The fraction of sp³-hybridized carbons (Fsp3) is 0.400. The Bertz CT molecular complexity index is 311. The molecule has 0 aliphatic rings. The molecule has 0 fully saturated rings. The summed E-state index contributed by atoms with van der Waals surface area (Å²) in [5.74, 6) is 0. The van der Waals surface area contributed by atoms with Gasteiger partial charge in [-0.05, 0) is 25.0 Å². The molecule has 0 aliphatic carbocycles. The van der Waals surface area contributed by atoms with Crippen molar-refractivity contribution in [1.82, 2.24) is 0 Å². The van der Waals surface area contributed by atoms with E-state index in [-0.39, 0.29) is 0 Å². The van der Waals surface area contributed by atoms with Gasteiger partial charge >= 0.3 is 0 Å². The summed E-state index contributed by atoms with van der Waals surface area (Å²) in [7, 11) is 0. The third-order valence-electron chi connectivity index (χ3n) is 1.48. The van der Waals surface area contributed by atoms with Gasteiger partial charge < -0.3 is 0 Å². The zero-order valence-electron chi connectivity index (χ0n) is 23.3. The summed E-state index contributed by atoms with van der Waals surface area (Å²) >= 11 is 0. The predicted octanol–water partition coefficient (Wildman–Crippen LogP) is 11.9. The summed E-state index contributed by atoms with van der Waals surface area (Å²) in [6, 6.07) is 0. The largest absolute Gasteiger partial charge is 0.103 e. The van der Waals surface area contributed by atoms with Crippen molar-refractivity contribution < 1.29 is 0 Å². The molecule has 0 N–H and O–H groups in total. The zero-order valence-corrected chi connectivity index (χ0v) is 23.3. The summed E-state index contributed by atoms with van der Waals surface area (Å²) in [6.07, 6.45) is 13.7. The van der Waals surface area contributed by atoms with E-state index in [1.54, 1.807) is 42.5 Å². The molecule has 0 aromatic heterocycles. The Morgan fingerprint density at radius 1 is 0.467 bits per heavy atom. The van der Waals surface area contributed by atoms with Gasteiger partial charge in [0.1, 0.15) is 0 Å². The topological polar surface area (TPSA) is 0 Å². The first-order valence-electron chi connectivity index (χ1n) is 11.1. The van der Waals surface area contributed by atoms with Gasteiger partial charge in [0.25, 0.3) is 0 Å². The minimum atomic E-state index is 0.924. The van der Waals surface area contributed by atoms with Gasteiger partial charge in [0.05, 0.1) is 0 Å². The van der Waals surface area contributed by atoms with E-state index in [0.29, 0.717) is 0 Å². The maximum Gasteiger partial charge on any atom is -0.0239 e. The Kier molecular flexibility index (Phi) is 243. The second kappa shape index (κ2) is 129. The van der Waals surface area contributed by atoms with Crippen LogP contribution in [0.1, 0.15) is 83.1 Å². The Hall–Kier alpha value is -2.34. The highest BCUT2D eigenvalue weighted by Crippen LogP contribution is 2.07. The molecule has 30 heavy (non-hydrogen) atoms. The third-order valence-corrected chi connectivity index (χ3v) is 1.48. The van der Waals surface area contributed by atoms with Crippen LogP contribution >= 0.6 is 0 Å². The minimum absolute atomic E-state index is 0.924. The maximum absolute atomic E-state index is 3.76. The molecule has 0 spiro atoms. The van der Waals surface area contributed by atoms with Crippen LogP contribution in [0.2, 0.25) is 0 Å². The van der Waals surface area contributed by atoms with Crippen molar-refractivity contribution in [2.24, 2.45) is 0 Å². The summed E-state index contributed by atoms with van der Waals surface area (Å²) in [5.41, 5.74) is 1.97. The summed E-state index contributed by atoms with van der Waals surface area (Å²) < 4.78 is 0. The molecule has 0 aromatic carbocycles. The average molecular weight is 421 g/mol. The van der Waals surface area contributed by atoms with E-state index >= 15 is 0 Å². The first-order chi connectivity index (χ1) is 14.5. The Balaban J connectivity index is -0.0000000259. The van der Waals surface area contributed by atoms with Crippen LogP contribution in [0.3, 0.4) is 0 Å². The lowest BCUT2D eigenvalue weighted by Gasteiger charge is -1.96. The SMILES string of the molecule is C=CC.C=CC(=C)/C(C=C)=C\C.C=CC=C.C=CC=C.CC.CC.CC.CC.CC. The molecule has 0 atom stereocenters. The van der Waals surface area contributed by atoms with Crippen molar-refractivity contribution in [3.8, 4) is 0 Å². The summed E-state index contributed by atoms with van der Waals surface area (Å²) in [4.78, 5) is 0. The number of hydrogen-bond donors (Lipinski definition) is 0. The molecule has 0 heteroatoms. The number of allylic oxidation sites excluding steroid dienone is 10. The van der Waals surface area contributed by atoms with E-state index < -0.39 is 0 Å². The van der Waals surface area contributed by atoms with E-state index in [1.165, 1.54) is 0 Å². The molecule has 0 saturated carbocycles. The lowest BCUT2D eigenvalue weighted by atomic mass is 10.1. The van der Waals surface area contributed by atoms with Gasteiger partial charge in [-0.3, -0.25) is 0 Å². The zero-order chi connectivity index (χ0) is 26.8. The van der Waals surface area contributed by atoms with Crippen LogP contribution in [-0.4, -0.2) is 0 Å². The van der Waals surface area contributed by atoms with E-state index in [4.69, 9.17) is 0 Å². The van der Waals surface area contributed by atoms with Crippen molar-refractivity contribution in [2.75, 3.05) is 0 Å². The fourth-order valence-corrected chi connectivity index (χ4v) is 0.552. The van der Waals surface area contributed by atoms with Crippen LogP contribution in [-0.2, 0) is 0 Å². The van der Waals surface area contributed by atoms with Gasteiger partial charge in [-0.15, -0.1) is 6.58 Å². The first-order valence-corrected chi connectivity index (χ1v) is 11.1. The van der Waals surface area contributed by atoms with Crippen LogP contribution in [0.4, 0.5) is 0 Å². The molecule has 0 heterocycles. The van der Waals surface area contributed by atoms with Gasteiger partial charge in [0, 0.05) is 0 Å². The monoisotopic (exact) mass is 420 g/mol. The molecular formula is C30H60. The molecule has 180 valence electrons. The van der Waals surface area contributed by atoms with Gasteiger partial charge in [0.15, 0.2) is 0 Å². The van der Waals surface area contributed by atoms with Crippen LogP contribution in [0, 0.1) is 0 Å². The Labute approximate surface area is 195 Å². The Morgan fingerprint density at radius 2 is 0.667 bits per heavy atom. The molecular weight excluding hydrogens is 360 g/mol. The van der Waals surface area contributed by atoms with Crippen LogP contribution in [0.25, 0.3) is 0 Å². The van der Waals surface area contributed by atoms with Crippen molar-refractivity contribution in [1.29, 1.82) is 0 Å². The second-order valence-corrected chi connectivity index (χ2v) is 3.03. The van der Waals surface area contributed by atoms with Crippen molar-refractivity contribution in [2.45, 2.75) is 83.1 Å². The van der Waals surface area contributed by atoms with Gasteiger partial charge in [0.2, 0.25) is 0 Å². The lowest BCUT2D eigenvalue weighted by molar-refractivity contribution is 1.50. The average Bonchev–Trinajstić information content (AvgIpc) is 2.86. The molecule has 0 unspecified atom stereocenters. The van der Waals surface area contributed by atoms with Gasteiger partial charge in [-0.1, -0.05) is 164 Å². The highest BCUT2D eigenvalue weighted by Gasteiger charge is 1.88. The summed E-state index contributed by atoms with van der Waals surface area (Å²) in [6.45, 7) is 51.6. The standard InChI is InChI=1S/C9H12.2C4H6.C3H6.5C2H6/c1-5-8(4)9(6-2)7-3;2*1-3-4-2;1-3-2;5*1-2/h5-7H,1-2,4H2,3H3;2*3-4H,1-2H2;3H,1H2,2H3;5*1-2H3/b9-7-;;;;;;;;. The molecule has 0 amide bonds. The number of hydrogen-bond acceptors (Lipinski definition) is 0.